The Hall–Kier alpha value is -0.720. The molecule has 0 unspecified atom stereocenters. The predicted molar refractivity (Wildman–Crippen MR) is 35.3 cm³/mol. The van der Waals surface area contributed by atoms with Crippen molar-refractivity contribution in [2.45, 2.75) is 0 Å². The van der Waals surface area contributed by atoms with Crippen molar-refractivity contribution in [1.29, 1.82) is 0 Å². The Labute approximate surface area is 57.9 Å². The summed E-state index contributed by atoms with van der Waals surface area (Å²) in [6.07, 6.45) is 0. The van der Waals surface area contributed by atoms with E-state index < -0.39 is 0 Å². The Morgan fingerprint density at radius 1 is 0.700 bits per heavy atom. The molecule has 0 aromatic rings. The zero-order chi connectivity index (χ0) is 6.00. The molecule has 10 heteroatoms. The zero-order valence-electron chi connectivity index (χ0n) is 6.81. The molecule has 0 fully saturated rings. The molecule has 0 aromatic heterocycles. The van der Waals surface area contributed by atoms with Gasteiger partial charge in [0.2, 0.25) is 0 Å². The van der Waals surface area contributed by atoms with Crippen molar-refractivity contribution in [2.24, 2.45) is 0 Å². The van der Waals surface area contributed by atoms with Crippen molar-refractivity contribution < 1.29 is 40.3 Å². The summed E-state index contributed by atoms with van der Waals surface area (Å²) in [7, 11) is 0. The Bertz CT molecular complexity index is 12.5. The average molecular weight is 173 g/mol. The minimum absolute atomic E-state index is 0. The first-order valence-electron chi connectivity index (χ1n) is 0.567. The molecular formula is H15NO9+2. The molecule has 0 rings (SSSR count). The SMILES string of the molecule is N.O.O.O.O=O.OO.OO.[H+].[H+]. The summed E-state index contributed by atoms with van der Waals surface area (Å²) < 4.78 is 0. The van der Waals surface area contributed by atoms with E-state index in [9.17, 15) is 0 Å². The molecule has 0 atom stereocenters. The van der Waals surface area contributed by atoms with Crippen LogP contribution in [-0.4, -0.2) is 37.5 Å². The summed E-state index contributed by atoms with van der Waals surface area (Å²) in [6.45, 7) is 0. The number of rotatable bonds is 0. The lowest BCUT2D eigenvalue weighted by Crippen LogP contribution is -1.29. The van der Waals surface area contributed by atoms with Crippen molar-refractivity contribution in [3.63, 3.8) is 0 Å². The van der Waals surface area contributed by atoms with Gasteiger partial charge in [-0.15, -0.1) is 0 Å². The predicted octanol–water partition coefficient (Wildman–Crippen LogP) is -1.99. The van der Waals surface area contributed by atoms with Crippen LogP contribution in [0.3, 0.4) is 0 Å². The third-order valence-corrected chi connectivity index (χ3v) is 0. The van der Waals surface area contributed by atoms with E-state index in [2.05, 4.69) is 0 Å². The Morgan fingerprint density at radius 3 is 0.700 bits per heavy atom. The van der Waals surface area contributed by atoms with Gasteiger partial charge in [0.25, 0.3) is 0 Å². The van der Waals surface area contributed by atoms with Gasteiger partial charge in [-0.3, -0.25) is 21.0 Å². The summed E-state index contributed by atoms with van der Waals surface area (Å²) in [5.41, 5.74) is 0. The first-order chi connectivity index (χ1) is 3.00. The van der Waals surface area contributed by atoms with Gasteiger partial charge in [-0.25, -0.2) is 0 Å². The van der Waals surface area contributed by atoms with Gasteiger partial charge in [0, 0.05) is 9.93 Å². The van der Waals surface area contributed by atoms with Crippen LogP contribution in [0.25, 0.3) is 0 Å². The molecule has 0 radical (unpaired) electrons. The van der Waals surface area contributed by atoms with Gasteiger partial charge in [0.05, 0.1) is 0 Å². The largest absolute Gasteiger partial charge is 1.00 e. The Morgan fingerprint density at radius 2 is 0.700 bits per heavy atom. The van der Waals surface area contributed by atoms with E-state index in [0.717, 1.165) is 0 Å². The highest BCUT2D eigenvalue weighted by Crippen LogP contribution is 0.741. The van der Waals surface area contributed by atoms with E-state index in [4.69, 9.17) is 31.0 Å². The molecule has 0 aliphatic carbocycles. The van der Waals surface area contributed by atoms with Crippen LogP contribution in [-0.2, 0) is 0 Å². The minimum Gasteiger partial charge on any atom is -0.412 e. The van der Waals surface area contributed by atoms with Crippen LogP contribution < -0.4 is 6.15 Å². The lowest BCUT2D eigenvalue weighted by molar-refractivity contribution is -0.176. The van der Waals surface area contributed by atoms with Crippen molar-refractivity contribution in [2.75, 3.05) is 0 Å². The molecule has 0 bridgehead atoms. The van der Waals surface area contributed by atoms with Gasteiger partial charge in [-0.1, -0.05) is 0 Å². The van der Waals surface area contributed by atoms with Crippen molar-refractivity contribution in [3.8, 4) is 0 Å². The molecule has 0 aromatic carbocycles. The maximum absolute atomic E-state index is 7.00. The van der Waals surface area contributed by atoms with E-state index in [1.54, 1.807) is 0 Å². The monoisotopic (exact) mass is 173 g/mol. The topological polar surface area (TPSA) is 245 Å². The van der Waals surface area contributed by atoms with Gasteiger partial charge in [0.15, 0.2) is 0 Å². The smallest absolute Gasteiger partial charge is 0.412 e. The molecule has 0 spiro atoms. The molecule has 72 valence electrons. The van der Waals surface area contributed by atoms with E-state index in [-0.39, 0.29) is 25.4 Å². The maximum Gasteiger partial charge on any atom is 1.00 e. The zero-order valence-corrected chi connectivity index (χ0v) is 4.81. The van der Waals surface area contributed by atoms with Gasteiger partial charge in [0.1, 0.15) is 0 Å². The van der Waals surface area contributed by atoms with Crippen LogP contribution in [0, 0.1) is 9.93 Å². The van der Waals surface area contributed by atoms with E-state index in [1.165, 1.54) is 0 Å². The van der Waals surface area contributed by atoms with Crippen LogP contribution in [0.1, 0.15) is 2.85 Å². The normalized spacial score (nSPS) is 1.60. The van der Waals surface area contributed by atoms with E-state index in [1.807, 2.05) is 0 Å². The maximum atomic E-state index is 7.00. The highest BCUT2D eigenvalue weighted by Gasteiger charge is 0.748. The van der Waals surface area contributed by atoms with Crippen LogP contribution in [0.15, 0.2) is 0 Å². The molecule has 10 heavy (non-hydrogen) atoms. The number of hydrogen-bond acceptors (Lipinski definition) is 7. The van der Waals surface area contributed by atoms with Crippen molar-refractivity contribution >= 4 is 0 Å². The Kier molecular flexibility index (Phi) is 10400. The van der Waals surface area contributed by atoms with Crippen LogP contribution in [0.2, 0.25) is 0 Å². The van der Waals surface area contributed by atoms with Gasteiger partial charge in [-0.2, -0.15) is 0 Å². The second-order valence-electron chi connectivity index (χ2n) is 0. The molecular weight excluding hydrogens is 158 g/mol. The van der Waals surface area contributed by atoms with Gasteiger partial charge < -0.3 is 22.6 Å². The van der Waals surface area contributed by atoms with Gasteiger partial charge in [-0.05, 0) is 0 Å². The average Bonchev–Trinajstić information content (AvgIpc) is 1.81. The van der Waals surface area contributed by atoms with Crippen molar-refractivity contribution in [1.82, 2.24) is 6.15 Å². The molecule has 10 nitrogen and oxygen atoms in total. The second-order valence-corrected chi connectivity index (χ2v) is 0. The fraction of sp³-hybridized carbons (Fsp3) is 0. The third kappa shape index (κ3) is 554. The molecule has 0 saturated carbocycles. The Balaban J connectivity index is -0.00000000129. The summed E-state index contributed by atoms with van der Waals surface area (Å²) in [6, 6.07) is 0. The summed E-state index contributed by atoms with van der Waals surface area (Å²) in [5, 5.41) is 24.0. The second kappa shape index (κ2) is 847. The quantitative estimate of drug-likeness (QED) is 0.203. The molecule has 0 aliphatic heterocycles. The van der Waals surface area contributed by atoms with Crippen molar-refractivity contribution in [3.05, 3.63) is 9.93 Å². The van der Waals surface area contributed by atoms with Crippen LogP contribution in [0.5, 0.6) is 0 Å². The minimum atomic E-state index is 0. The lowest BCUT2D eigenvalue weighted by Gasteiger charge is -1.25. The third-order valence-electron chi connectivity index (χ3n) is 0. The standard InChI is InChI=1S/H3N.2H2O2.O2.3H2O/c;3*1-2;;;/h1H3;2*1-2H;;3*1H2/p+2. The van der Waals surface area contributed by atoms with Crippen LogP contribution in [0.4, 0.5) is 0 Å². The summed E-state index contributed by atoms with van der Waals surface area (Å²) in [5.74, 6) is 0. The highest BCUT2D eigenvalue weighted by atomic mass is 17.0. The van der Waals surface area contributed by atoms with Crippen LogP contribution >= 0.6 is 0 Å². The first-order valence-corrected chi connectivity index (χ1v) is 0.567. The first kappa shape index (κ1) is 122. The lowest BCUT2D eigenvalue weighted by atomic mass is 14.0. The molecule has 0 aliphatic rings. The van der Waals surface area contributed by atoms with Gasteiger partial charge >= 0.3 is 2.85 Å². The fourth-order valence-corrected chi connectivity index (χ4v) is 0. The number of hydrogen-bond donors (Lipinski definition) is 5. The highest BCUT2D eigenvalue weighted by molar-refractivity contribution is 4.07. The summed E-state index contributed by atoms with van der Waals surface area (Å²) in [4.78, 5) is 14.0. The van der Waals surface area contributed by atoms with E-state index >= 15 is 0 Å². The molecule has 0 heterocycles. The fourth-order valence-electron chi connectivity index (χ4n) is 0. The van der Waals surface area contributed by atoms with E-state index in [0.29, 0.717) is 0 Å². The molecule has 13 N–H and O–H groups in total. The molecule has 0 amide bonds. The summed E-state index contributed by atoms with van der Waals surface area (Å²) >= 11 is 0. The molecule has 0 saturated heterocycles.